The third-order valence-electron chi connectivity index (χ3n) is 4.08. The smallest absolute Gasteiger partial charge is 0.251 e. The van der Waals surface area contributed by atoms with Crippen LogP contribution >= 0.6 is 12.4 Å². The second-order valence-electron chi connectivity index (χ2n) is 5.94. The number of benzene rings is 2. The van der Waals surface area contributed by atoms with Gasteiger partial charge in [-0.1, -0.05) is 24.3 Å². The van der Waals surface area contributed by atoms with Crippen molar-refractivity contribution in [1.82, 2.24) is 4.98 Å². The number of primary amides is 1. The number of aromatic nitrogens is 1. The fourth-order valence-electron chi connectivity index (χ4n) is 2.85. The first-order chi connectivity index (χ1) is 12.5. The molecular formula is C20H18ClF2N3O. The number of hydrogen-bond donors (Lipinski definition) is 2. The van der Waals surface area contributed by atoms with Gasteiger partial charge in [0.25, 0.3) is 5.91 Å². The van der Waals surface area contributed by atoms with Gasteiger partial charge in [0.05, 0.1) is 17.3 Å². The average Bonchev–Trinajstić information content (AvgIpc) is 2.62. The summed E-state index contributed by atoms with van der Waals surface area (Å²) in [7, 11) is 0. The van der Waals surface area contributed by atoms with Gasteiger partial charge in [-0.3, -0.25) is 9.78 Å². The van der Waals surface area contributed by atoms with E-state index < -0.39 is 17.8 Å². The molecule has 0 spiro atoms. The lowest BCUT2D eigenvalue weighted by Crippen LogP contribution is -2.17. The van der Waals surface area contributed by atoms with E-state index >= 15 is 0 Å². The predicted octanol–water partition coefficient (Wildman–Crippen LogP) is 3.79. The van der Waals surface area contributed by atoms with Crippen LogP contribution < -0.4 is 11.5 Å². The van der Waals surface area contributed by atoms with Crippen molar-refractivity contribution in [2.24, 2.45) is 11.5 Å². The number of amides is 1. The predicted molar refractivity (Wildman–Crippen MR) is 102 cm³/mol. The molecule has 3 rings (SSSR count). The fourth-order valence-corrected chi connectivity index (χ4v) is 2.85. The largest absolute Gasteiger partial charge is 0.366 e. The first-order valence-electron chi connectivity index (χ1n) is 8.00. The molecule has 1 atom stereocenters. The first kappa shape index (κ1) is 20.5. The van der Waals surface area contributed by atoms with Crippen LogP contribution in [0.1, 0.15) is 27.7 Å². The van der Waals surface area contributed by atoms with Crippen molar-refractivity contribution < 1.29 is 13.6 Å². The van der Waals surface area contributed by atoms with Crippen molar-refractivity contribution in [1.29, 1.82) is 0 Å². The van der Waals surface area contributed by atoms with Gasteiger partial charge in [0.15, 0.2) is 0 Å². The average molecular weight is 390 g/mol. The molecule has 0 aliphatic rings. The number of halogens is 3. The number of carbonyl (C=O) groups is 1. The van der Waals surface area contributed by atoms with Crippen LogP contribution in [0.2, 0.25) is 0 Å². The molecule has 0 saturated heterocycles. The van der Waals surface area contributed by atoms with E-state index in [0.29, 0.717) is 23.2 Å². The number of rotatable bonds is 5. The van der Waals surface area contributed by atoms with Crippen molar-refractivity contribution in [2.75, 3.05) is 0 Å². The summed E-state index contributed by atoms with van der Waals surface area (Å²) < 4.78 is 27.1. The molecule has 0 bridgehead atoms. The number of nitrogens with zero attached hydrogens (tertiary/aromatic N) is 1. The Hall–Kier alpha value is -2.83. The van der Waals surface area contributed by atoms with Crippen LogP contribution in [-0.2, 0) is 6.42 Å². The molecule has 2 aromatic carbocycles. The van der Waals surface area contributed by atoms with Crippen LogP contribution in [0.25, 0.3) is 11.1 Å². The Morgan fingerprint density at radius 3 is 2.56 bits per heavy atom. The quantitative estimate of drug-likeness (QED) is 0.696. The molecule has 1 heterocycles. The molecule has 1 unspecified atom stereocenters. The van der Waals surface area contributed by atoms with Crippen molar-refractivity contribution in [3.8, 4) is 11.1 Å². The number of carbonyl (C=O) groups excluding carboxylic acids is 1. The summed E-state index contributed by atoms with van der Waals surface area (Å²) in [5.41, 5.74) is 13.9. The number of nitrogens with two attached hydrogens (primary N) is 2. The summed E-state index contributed by atoms with van der Waals surface area (Å²) in [5.74, 6) is -1.87. The fraction of sp³-hybridized carbons (Fsp3) is 0.100. The van der Waals surface area contributed by atoms with E-state index in [2.05, 4.69) is 4.98 Å². The second kappa shape index (κ2) is 8.70. The Bertz CT molecular complexity index is 965. The van der Waals surface area contributed by atoms with E-state index in [0.717, 1.165) is 5.56 Å². The van der Waals surface area contributed by atoms with E-state index in [1.165, 1.54) is 30.3 Å². The molecule has 27 heavy (non-hydrogen) atoms. The summed E-state index contributed by atoms with van der Waals surface area (Å²) in [5, 5.41) is 0. The zero-order chi connectivity index (χ0) is 18.7. The van der Waals surface area contributed by atoms with Gasteiger partial charge in [0.1, 0.15) is 11.6 Å². The zero-order valence-electron chi connectivity index (χ0n) is 14.2. The molecular weight excluding hydrogens is 372 g/mol. The van der Waals surface area contributed by atoms with Crippen molar-refractivity contribution in [2.45, 2.75) is 12.5 Å². The van der Waals surface area contributed by atoms with Gasteiger partial charge in [-0.25, -0.2) is 8.78 Å². The molecule has 1 amide bonds. The Morgan fingerprint density at radius 2 is 1.85 bits per heavy atom. The SMILES string of the molecule is Cl.NC(=O)c1cc(-c2cccnc2C(N)Cc2cccc(F)c2)ccc1F. The minimum atomic E-state index is -0.848. The standard InChI is InChI=1S/C20H17F2N3O.ClH/c21-14-4-1-3-12(9-14)10-18(23)19-15(5-2-8-25-19)13-6-7-17(22)16(11-13)20(24)26;/h1-9,11,18H,10,23H2,(H2,24,26);1H. The van der Waals surface area contributed by atoms with Crippen LogP contribution in [0.4, 0.5) is 8.78 Å². The van der Waals surface area contributed by atoms with E-state index in [4.69, 9.17) is 11.5 Å². The lowest BCUT2D eigenvalue weighted by molar-refractivity contribution is 0.0996. The van der Waals surface area contributed by atoms with Gasteiger partial charge in [0.2, 0.25) is 0 Å². The molecule has 7 heteroatoms. The topological polar surface area (TPSA) is 82.0 Å². The van der Waals surface area contributed by atoms with E-state index in [1.807, 2.05) is 0 Å². The van der Waals surface area contributed by atoms with E-state index in [-0.39, 0.29) is 23.8 Å². The molecule has 0 fully saturated rings. The highest BCUT2D eigenvalue weighted by molar-refractivity contribution is 5.94. The summed E-state index contributed by atoms with van der Waals surface area (Å²) in [6.45, 7) is 0. The number of pyridine rings is 1. The van der Waals surface area contributed by atoms with Crippen LogP contribution in [0.5, 0.6) is 0 Å². The van der Waals surface area contributed by atoms with Crippen LogP contribution in [-0.4, -0.2) is 10.9 Å². The van der Waals surface area contributed by atoms with Gasteiger partial charge in [-0.2, -0.15) is 0 Å². The molecule has 0 saturated carbocycles. The van der Waals surface area contributed by atoms with Crippen LogP contribution in [0.15, 0.2) is 60.8 Å². The lowest BCUT2D eigenvalue weighted by Gasteiger charge is -2.16. The lowest BCUT2D eigenvalue weighted by atomic mass is 9.95. The maximum absolute atomic E-state index is 13.7. The Labute approximate surface area is 161 Å². The van der Waals surface area contributed by atoms with Crippen LogP contribution in [0.3, 0.4) is 0 Å². The van der Waals surface area contributed by atoms with Crippen LogP contribution in [0, 0.1) is 11.6 Å². The summed E-state index contributed by atoms with van der Waals surface area (Å²) in [6, 6.07) is 13.3. The number of hydrogen-bond acceptors (Lipinski definition) is 3. The highest BCUT2D eigenvalue weighted by Gasteiger charge is 2.17. The third kappa shape index (κ3) is 4.67. The molecule has 1 aromatic heterocycles. The molecule has 140 valence electrons. The Balaban J connectivity index is 0.00000261. The monoisotopic (exact) mass is 389 g/mol. The zero-order valence-corrected chi connectivity index (χ0v) is 15.0. The van der Waals surface area contributed by atoms with Gasteiger partial charge < -0.3 is 11.5 Å². The summed E-state index contributed by atoms with van der Waals surface area (Å²) >= 11 is 0. The minimum Gasteiger partial charge on any atom is -0.366 e. The van der Waals surface area contributed by atoms with Gasteiger partial charge >= 0.3 is 0 Å². The summed E-state index contributed by atoms with van der Waals surface area (Å²) in [6.07, 6.45) is 1.98. The van der Waals surface area contributed by atoms with Gasteiger partial charge in [-0.05, 0) is 47.9 Å². The van der Waals surface area contributed by atoms with Gasteiger partial charge in [0, 0.05) is 11.8 Å². The second-order valence-corrected chi connectivity index (χ2v) is 5.94. The highest BCUT2D eigenvalue weighted by atomic mass is 35.5. The Morgan fingerprint density at radius 1 is 1.07 bits per heavy atom. The molecule has 0 aliphatic heterocycles. The maximum atomic E-state index is 13.7. The van der Waals surface area contributed by atoms with E-state index in [9.17, 15) is 13.6 Å². The molecule has 4 nitrogen and oxygen atoms in total. The summed E-state index contributed by atoms with van der Waals surface area (Å²) in [4.78, 5) is 15.7. The first-order valence-corrected chi connectivity index (χ1v) is 8.00. The molecule has 3 aromatic rings. The third-order valence-corrected chi connectivity index (χ3v) is 4.08. The van der Waals surface area contributed by atoms with Crippen molar-refractivity contribution in [3.05, 3.63) is 89.2 Å². The van der Waals surface area contributed by atoms with Gasteiger partial charge in [-0.15, -0.1) is 12.4 Å². The highest BCUT2D eigenvalue weighted by Crippen LogP contribution is 2.28. The molecule has 4 N–H and O–H groups in total. The Kier molecular flexibility index (Phi) is 6.60. The normalized spacial score (nSPS) is 11.5. The molecule has 0 aliphatic carbocycles. The minimum absolute atomic E-state index is 0. The molecule has 0 radical (unpaired) electrons. The maximum Gasteiger partial charge on any atom is 0.251 e. The van der Waals surface area contributed by atoms with Crippen molar-refractivity contribution >= 4 is 18.3 Å². The van der Waals surface area contributed by atoms with Crippen molar-refractivity contribution in [3.63, 3.8) is 0 Å². The van der Waals surface area contributed by atoms with E-state index in [1.54, 1.807) is 30.5 Å².